The number of rotatable bonds is 7. The zero-order chi connectivity index (χ0) is 34.6. The van der Waals surface area contributed by atoms with Crippen molar-refractivity contribution in [3.8, 4) is 0 Å². The van der Waals surface area contributed by atoms with Crippen LogP contribution in [0.5, 0.6) is 0 Å². The third kappa shape index (κ3) is 10.7. The second-order valence-electron chi connectivity index (χ2n) is 12.6. The van der Waals surface area contributed by atoms with Crippen molar-refractivity contribution in [2.24, 2.45) is 5.92 Å². The van der Waals surface area contributed by atoms with Crippen LogP contribution in [0.3, 0.4) is 0 Å². The molecule has 242 valence electrons. The molecular weight excluding hydrogens is 547 g/mol. The molecular formula is C44H59F. The van der Waals surface area contributed by atoms with Crippen LogP contribution in [0.25, 0.3) is 18.2 Å². The number of halogens is 1. The van der Waals surface area contributed by atoms with Gasteiger partial charge in [-0.05, 0) is 129 Å². The van der Waals surface area contributed by atoms with Crippen molar-refractivity contribution in [1.82, 2.24) is 0 Å². The van der Waals surface area contributed by atoms with Gasteiger partial charge in [0.15, 0.2) is 0 Å². The summed E-state index contributed by atoms with van der Waals surface area (Å²) in [6, 6.07) is 18.2. The number of hydrogen-bond donors (Lipinski definition) is 0. The Bertz CT molecular complexity index is 1660. The summed E-state index contributed by atoms with van der Waals surface area (Å²) in [6.07, 6.45) is 4.35. The Morgan fingerprint density at radius 3 is 1.84 bits per heavy atom. The number of allylic oxidation sites excluding steroid dienone is 7. The fraction of sp³-hybridized carbons (Fsp3) is 0.364. The average molecular weight is 607 g/mol. The predicted molar refractivity (Wildman–Crippen MR) is 202 cm³/mol. The summed E-state index contributed by atoms with van der Waals surface area (Å²) in [5.41, 5.74) is 14.3. The van der Waals surface area contributed by atoms with E-state index in [1.54, 1.807) is 6.07 Å². The molecule has 0 amide bonds. The summed E-state index contributed by atoms with van der Waals surface area (Å²) in [4.78, 5) is 0. The van der Waals surface area contributed by atoms with E-state index in [4.69, 9.17) is 0 Å². The highest BCUT2D eigenvalue weighted by Crippen LogP contribution is 2.35. The lowest BCUT2D eigenvalue weighted by molar-refractivity contribution is 0.601. The molecule has 0 aromatic heterocycles. The van der Waals surface area contributed by atoms with Crippen molar-refractivity contribution >= 4 is 18.2 Å². The van der Waals surface area contributed by atoms with Crippen LogP contribution < -0.4 is 10.4 Å². The van der Waals surface area contributed by atoms with Crippen LogP contribution in [-0.2, 0) is 0 Å². The van der Waals surface area contributed by atoms with Crippen LogP contribution in [0.1, 0.15) is 115 Å². The largest absolute Gasteiger partial charge is 0.207 e. The van der Waals surface area contributed by atoms with Gasteiger partial charge < -0.3 is 0 Å². The molecule has 0 radical (unpaired) electrons. The average Bonchev–Trinajstić information content (AvgIpc) is 2.96. The Hall–Kier alpha value is -3.71. The molecule has 0 aliphatic carbocycles. The van der Waals surface area contributed by atoms with Crippen molar-refractivity contribution in [2.45, 2.75) is 103 Å². The van der Waals surface area contributed by atoms with E-state index in [2.05, 4.69) is 119 Å². The molecule has 0 saturated carbocycles. The second-order valence-corrected chi connectivity index (χ2v) is 12.6. The normalized spacial score (nSPS) is 12.0. The molecule has 0 heterocycles. The number of aryl methyl sites for hydroxylation is 3. The monoisotopic (exact) mass is 606 g/mol. The molecule has 0 aliphatic heterocycles. The molecule has 3 aromatic carbocycles. The Kier molecular flexibility index (Phi) is 16.0. The molecule has 0 N–H and O–H groups in total. The SMILES string of the molecule is C=C(C(=C(C)C)c1ccc(C)cc1C)/C(=C\C)C(C)C.C=c1c(C(C)c2ccc(C)cc2F)ccc/c1=C/C(C)=C(C)C.CC. The lowest BCUT2D eigenvalue weighted by Crippen LogP contribution is -2.28. The van der Waals surface area contributed by atoms with E-state index in [0.717, 1.165) is 32.7 Å². The van der Waals surface area contributed by atoms with E-state index >= 15 is 0 Å². The predicted octanol–water partition coefficient (Wildman–Crippen LogP) is 12.1. The molecule has 1 atom stereocenters. The van der Waals surface area contributed by atoms with Gasteiger partial charge in [-0.1, -0.05) is 131 Å². The van der Waals surface area contributed by atoms with Crippen molar-refractivity contribution in [3.05, 3.63) is 145 Å². The molecule has 3 rings (SSSR count). The lowest BCUT2D eigenvalue weighted by atomic mass is 9.84. The van der Waals surface area contributed by atoms with Crippen LogP contribution in [-0.4, -0.2) is 0 Å². The van der Waals surface area contributed by atoms with Crippen LogP contribution >= 0.6 is 0 Å². The topological polar surface area (TPSA) is 0 Å². The Morgan fingerprint density at radius 1 is 0.778 bits per heavy atom. The summed E-state index contributed by atoms with van der Waals surface area (Å²) in [7, 11) is 0. The molecule has 0 spiro atoms. The van der Waals surface area contributed by atoms with Gasteiger partial charge in [-0.25, -0.2) is 4.39 Å². The number of hydrogen-bond acceptors (Lipinski definition) is 0. The highest BCUT2D eigenvalue weighted by atomic mass is 19.1. The molecule has 3 aromatic rings. The first-order valence-corrected chi connectivity index (χ1v) is 16.4. The zero-order valence-electron chi connectivity index (χ0n) is 30.8. The van der Waals surface area contributed by atoms with E-state index in [-0.39, 0.29) is 11.7 Å². The van der Waals surface area contributed by atoms with Crippen molar-refractivity contribution in [1.29, 1.82) is 0 Å². The summed E-state index contributed by atoms with van der Waals surface area (Å²) >= 11 is 0. The quantitative estimate of drug-likeness (QED) is 0.235. The molecule has 0 saturated heterocycles. The minimum atomic E-state index is -0.147. The summed E-state index contributed by atoms with van der Waals surface area (Å²) in [5.74, 6) is 0.322. The molecule has 1 heteroatoms. The van der Waals surface area contributed by atoms with Crippen molar-refractivity contribution in [2.75, 3.05) is 0 Å². The van der Waals surface area contributed by atoms with Gasteiger partial charge in [0.1, 0.15) is 5.82 Å². The van der Waals surface area contributed by atoms with E-state index < -0.39 is 0 Å². The fourth-order valence-electron chi connectivity index (χ4n) is 5.52. The maximum atomic E-state index is 14.3. The standard InChI is InChI=1S/C22H25F.C20H28.C2H6/c1-14(2)16(4)13-19-8-7-9-20(17(19)5)18(6)21-11-10-15(3)12-22(21)23;1-9-18(13(2)3)17(8)20(14(4)5)19-11-10-15(6)12-16(19)7;1-2/h7-13,18H,5H2,1-4,6H3;9-13H,8H2,1-7H3;1-2H3/b19-13-;18-9-;. The first-order valence-electron chi connectivity index (χ1n) is 16.4. The Morgan fingerprint density at radius 2 is 1.36 bits per heavy atom. The van der Waals surface area contributed by atoms with Gasteiger partial charge >= 0.3 is 0 Å². The highest BCUT2D eigenvalue weighted by Gasteiger charge is 2.16. The highest BCUT2D eigenvalue weighted by molar-refractivity contribution is 5.86. The third-order valence-corrected chi connectivity index (χ3v) is 8.23. The van der Waals surface area contributed by atoms with Gasteiger partial charge in [-0.3, -0.25) is 0 Å². The maximum absolute atomic E-state index is 14.3. The van der Waals surface area contributed by atoms with Crippen LogP contribution in [0.15, 0.2) is 95.1 Å². The van der Waals surface area contributed by atoms with E-state index in [1.807, 2.05) is 52.0 Å². The van der Waals surface area contributed by atoms with Gasteiger partial charge in [0, 0.05) is 5.92 Å². The Labute approximate surface area is 275 Å². The maximum Gasteiger partial charge on any atom is 0.127 e. The zero-order valence-corrected chi connectivity index (χ0v) is 30.8. The van der Waals surface area contributed by atoms with Gasteiger partial charge in [-0.2, -0.15) is 0 Å². The van der Waals surface area contributed by atoms with E-state index in [0.29, 0.717) is 5.92 Å². The van der Waals surface area contributed by atoms with E-state index in [9.17, 15) is 4.39 Å². The van der Waals surface area contributed by atoms with Gasteiger partial charge in [-0.15, -0.1) is 0 Å². The summed E-state index contributed by atoms with van der Waals surface area (Å²) in [5, 5.41) is 2.07. The van der Waals surface area contributed by atoms with Gasteiger partial charge in [0.05, 0.1) is 0 Å². The molecule has 45 heavy (non-hydrogen) atoms. The van der Waals surface area contributed by atoms with Gasteiger partial charge in [0.2, 0.25) is 0 Å². The Balaban J connectivity index is 0.000000431. The fourth-order valence-corrected chi connectivity index (χ4v) is 5.52. The molecule has 1 unspecified atom stereocenters. The molecule has 0 fully saturated rings. The van der Waals surface area contributed by atoms with Crippen molar-refractivity contribution in [3.63, 3.8) is 0 Å². The van der Waals surface area contributed by atoms with Gasteiger partial charge in [0.25, 0.3) is 0 Å². The minimum Gasteiger partial charge on any atom is -0.207 e. The molecule has 0 nitrogen and oxygen atoms in total. The van der Waals surface area contributed by atoms with Crippen LogP contribution in [0.4, 0.5) is 4.39 Å². The van der Waals surface area contributed by atoms with Crippen LogP contribution in [0, 0.1) is 32.5 Å². The minimum absolute atomic E-state index is 0.0246. The van der Waals surface area contributed by atoms with Crippen molar-refractivity contribution < 1.29 is 4.39 Å². The smallest absolute Gasteiger partial charge is 0.127 e. The van der Waals surface area contributed by atoms with Crippen LogP contribution in [0.2, 0.25) is 0 Å². The van der Waals surface area contributed by atoms with E-state index in [1.165, 1.54) is 44.6 Å². The summed E-state index contributed by atoms with van der Waals surface area (Å²) < 4.78 is 14.3. The first kappa shape index (κ1) is 39.3. The lowest BCUT2D eigenvalue weighted by Gasteiger charge is -2.21. The molecule has 0 aliphatic rings. The second kappa shape index (κ2) is 18.3. The third-order valence-electron chi connectivity index (χ3n) is 8.23. The number of benzene rings is 3. The summed E-state index contributed by atoms with van der Waals surface area (Å²) in [6.45, 7) is 38.1. The molecule has 0 bridgehead atoms. The first-order chi connectivity index (χ1) is 21.1.